The highest BCUT2D eigenvalue weighted by Gasteiger charge is 2.18. The second-order valence-electron chi connectivity index (χ2n) is 6.04. The Labute approximate surface area is 102 Å². The fraction of sp³-hybridized carbons (Fsp3) is 0.875. The smallest absolute Gasteiger partial charge is 0.0206 e. The summed E-state index contributed by atoms with van der Waals surface area (Å²) in [5.74, 6) is 1.92. The fourth-order valence-corrected chi connectivity index (χ4v) is 3.58. The van der Waals surface area contributed by atoms with E-state index in [4.69, 9.17) is 0 Å². The molecule has 0 N–H and O–H groups in total. The van der Waals surface area contributed by atoms with Gasteiger partial charge in [-0.3, -0.25) is 0 Å². The van der Waals surface area contributed by atoms with Crippen molar-refractivity contribution < 1.29 is 0 Å². The van der Waals surface area contributed by atoms with Gasteiger partial charge in [0.1, 0.15) is 0 Å². The van der Waals surface area contributed by atoms with Crippen LogP contribution in [0.2, 0.25) is 0 Å². The van der Waals surface area contributed by atoms with Gasteiger partial charge < -0.3 is 0 Å². The van der Waals surface area contributed by atoms with E-state index < -0.39 is 0 Å². The van der Waals surface area contributed by atoms with Gasteiger partial charge in [0.15, 0.2) is 0 Å². The van der Waals surface area contributed by atoms with Crippen LogP contribution in [0, 0.1) is 11.8 Å². The van der Waals surface area contributed by atoms with Crippen LogP contribution in [0.5, 0.6) is 0 Å². The van der Waals surface area contributed by atoms with Gasteiger partial charge in [-0.2, -0.15) is 0 Å². The average molecular weight is 220 g/mol. The van der Waals surface area contributed by atoms with Crippen molar-refractivity contribution in [2.45, 2.75) is 77.0 Å². The summed E-state index contributed by atoms with van der Waals surface area (Å²) in [6.07, 6.45) is 17.5. The topological polar surface area (TPSA) is 0 Å². The summed E-state index contributed by atoms with van der Waals surface area (Å²) in [6.45, 7) is 4.36. The Kier molecular flexibility index (Phi) is 4.93. The quantitative estimate of drug-likeness (QED) is 0.550. The molecule has 0 radical (unpaired) electrons. The van der Waals surface area contributed by atoms with Crippen molar-refractivity contribution in [1.29, 1.82) is 0 Å². The standard InChI is InChI=1S/C16H28/c1-14(16-10-6-3-7-11-16)12-13-15-8-4-2-5-9-15/h15-16H,1-13H2. The maximum atomic E-state index is 4.36. The molecule has 0 nitrogen and oxygen atoms in total. The minimum absolute atomic E-state index is 0.886. The summed E-state index contributed by atoms with van der Waals surface area (Å²) in [6, 6.07) is 0. The number of rotatable bonds is 4. The molecule has 0 amide bonds. The Balaban J connectivity index is 1.65. The van der Waals surface area contributed by atoms with E-state index in [1.165, 1.54) is 77.0 Å². The molecule has 0 bridgehead atoms. The maximum Gasteiger partial charge on any atom is -0.0206 e. The Morgan fingerprint density at radius 2 is 1.38 bits per heavy atom. The third kappa shape index (κ3) is 3.64. The molecule has 92 valence electrons. The van der Waals surface area contributed by atoms with Gasteiger partial charge >= 0.3 is 0 Å². The lowest BCUT2D eigenvalue weighted by molar-refractivity contribution is 0.327. The first-order chi connectivity index (χ1) is 7.86. The van der Waals surface area contributed by atoms with Crippen LogP contribution >= 0.6 is 0 Å². The highest BCUT2D eigenvalue weighted by Crippen LogP contribution is 2.34. The zero-order valence-electron chi connectivity index (χ0n) is 10.8. The van der Waals surface area contributed by atoms with Crippen LogP contribution in [0.4, 0.5) is 0 Å². The molecule has 0 aromatic carbocycles. The van der Waals surface area contributed by atoms with Gasteiger partial charge in [-0.05, 0) is 37.5 Å². The molecule has 0 aromatic rings. The molecule has 2 saturated carbocycles. The molecule has 0 saturated heterocycles. The Hall–Kier alpha value is -0.260. The third-order valence-corrected chi connectivity index (χ3v) is 4.78. The largest absolute Gasteiger partial charge is 0.0996 e. The average Bonchev–Trinajstić information content (AvgIpc) is 2.38. The van der Waals surface area contributed by atoms with E-state index in [0.717, 1.165) is 11.8 Å². The van der Waals surface area contributed by atoms with Crippen molar-refractivity contribution in [3.8, 4) is 0 Å². The van der Waals surface area contributed by atoms with E-state index in [9.17, 15) is 0 Å². The lowest BCUT2D eigenvalue weighted by atomic mass is 9.80. The summed E-state index contributed by atoms with van der Waals surface area (Å²) < 4.78 is 0. The van der Waals surface area contributed by atoms with Crippen LogP contribution in [0.25, 0.3) is 0 Å². The van der Waals surface area contributed by atoms with Crippen LogP contribution in [0.3, 0.4) is 0 Å². The van der Waals surface area contributed by atoms with Crippen LogP contribution in [-0.4, -0.2) is 0 Å². The molecular weight excluding hydrogens is 192 g/mol. The molecule has 2 rings (SSSR count). The van der Waals surface area contributed by atoms with Gasteiger partial charge in [-0.15, -0.1) is 0 Å². The molecule has 2 aliphatic carbocycles. The molecule has 0 aliphatic heterocycles. The summed E-state index contributed by atoms with van der Waals surface area (Å²) in [7, 11) is 0. The first-order valence-corrected chi connectivity index (χ1v) is 7.54. The van der Waals surface area contributed by atoms with Gasteiger partial charge in [0, 0.05) is 0 Å². The summed E-state index contributed by atoms with van der Waals surface area (Å²) in [5.41, 5.74) is 1.59. The summed E-state index contributed by atoms with van der Waals surface area (Å²) >= 11 is 0. The van der Waals surface area contributed by atoms with E-state index in [1.807, 2.05) is 0 Å². The predicted molar refractivity (Wildman–Crippen MR) is 71.5 cm³/mol. The van der Waals surface area contributed by atoms with Crippen LogP contribution in [-0.2, 0) is 0 Å². The molecule has 2 fully saturated rings. The van der Waals surface area contributed by atoms with Gasteiger partial charge in [0.2, 0.25) is 0 Å². The van der Waals surface area contributed by atoms with Crippen molar-refractivity contribution in [2.24, 2.45) is 11.8 Å². The lowest BCUT2D eigenvalue weighted by Gasteiger charge is -2.26. The van der Waals surface area contributed by atoms with E-state index in [1.54, 1.807) is 5.57 Å². The molecular formula is C16H28. The van der Waals surface area contributed by atoms with E-state index >= 15 is 0 Å². The molecule has 2 aliphatic rings. The van der Waals surface area contributed by atoms with Crippen molar-refractivity contribution in [3.05, 3.63) is 12.2 Å². The molecule has 0 heteroatoms. The van der Waals surface area contributed by atoms with E-state index in [2.05, 4.69) is 6.58 Å². The van der Waals surface area contributed by atoms with Crippen LogP contribution in [0.15, 0.2) is 12.2 Å². The van der Waals surface area contributed by atoms with Crippen LogP contribution < -0.4 is 0 Å². The summed E-state index contributed by atoms with van der Waals surface area (Å²) in [4.78, 5) is 0. The second-order valence-corrected chi connectivity index (χ2v) is 6.04. The van der Waals surface area contributed by atoms with Gasteiger partial charge in [-0.25, -0.2) is 0 Å². The third-order valence-electron chi connectivity index (χ3n) is 4.78. The molecule has 0 heterocycles. The molecule has 16 heavy (non-hydrogen) atoms. The molecule has 0 atom stereocenters. The summed E-state index contributed by atoms with van der Waals surface area (Å²) in [5, 5.41) is 0. The molecule has 0 aromatic heterocycles. The first-order valence-electron chi connectivity index (χ1n) is 7.54. The Morgan fingerprint density at radius 1 is 0.812 bits per heavy atom. The number of hydrogen-bond acceptors (Lipinski definition) is 0. The first kappa shape index (κ1) is 12.2. The van der Waals surface area contributed by atoms with Gasteiger partial charge in [0.05, 0.1) is 0 Å². The van der Waals surface area contributed by atoms with Crippen molar-refractivity contribution >= 4 is 0 Å². The van der Waals surface area contributed by atoms with Crippen molar-refractivity contribution in [1.82, 2.24) is 0 Å². The maximum absolute atomic E-state index is 4.36. The second kappa shape index (κ2) is 6.47. The van der Waals surface area contributed by atoms with E-state index in [-0.39, 0.29) is 0 Å². The number of allylic oxidation sites excluding steroid dienone is 1. The molecule has 0 spiro atoms. The number of hydrogen-bond donors (Lipinski definition) is 0. The zero-order chi connectivity index (χ0) is 11.2. The molecule has 0 unspecified atom stereocenters. The van der Waals surface area contributed by atoms with Gasteiger partial charge in [0.25, 0.3) is 0 Å². The minimum atomic E-state index is 0.886. The fourth-order valence-electron chi connectivity index (χ4n) is 3.58. The highest BCUT2D eigenvalue weighted by atomic mass is 14.2. The SMILES string of the molecule is C=C(CCC1CCCCC1)C1CCCCC1. The Bertz CT molecular complexity index is 204. The zero-order valence-corrected chi connectivity index (χ0v) is 10.8. The van der Waals surface area contributed by atoms with Crippen molar-refractivity contribution in [2.75, 3.05) is 0 Å². The lowest BCUT2D eigenvalue weighted by Crippen LogP contribution is -2.11. The minimum Gasteiger partial charge on any atom is -0.0996 e. The van der Waals surface area contributed by atoms with E-state index in [0.29, 0.717) is 0 Å². The normalized spacial score (nSPS) is 24.5. The monoisotopic (exact) mass is 220 g/mol. The highest BCUT2D eigenvalue weighted by molar-refractivity contribution is 5.01. The Morgan fingerprint density at radius 3 is 2.00 bits per heavy atom. The van der Waals surface area contributed by atoms with Crippen LogP contribution in [0.1, 0.15) is 77.0 Å². The van der Waals surface area contributed by atoms with Crippen molar-refractivity contribution in [3.63, 3.8) is 0 Å². The predicted octanol–water partition coefficient (Wildman–Crippen LogP) is 5.48. The van der Waals surface area contributed by atoms with Gasteiger partial charge in [-0.1, -0.05) is 63.5 Å².